The van der Waals surface area contributed by atoms with E-state index in [1.54, 1.807) is 18.7 Å². The van der Waals surface area contributed by atoms with Crippen LogP contribution < -0.4 is 10.5 Å². The van der Waals surface area contributed by atoms with Crippen LogP contribution >= 0.6 is 11.8 Å². The molecule has 0 saturated heterocycles. The largest absolute Gasteiger partial charge is 0.491 e. The molecule has 18 heavy (non-hydrogen) atoms. The van der Waals surface area contributed by atoms with Crippen molar-refractivity contribution in [3.8, 4) is 5.75 Å². The van der Waals surface area contributed by atoms with Crippen LogP contribution in [0.1, 0.15) is 13.3 Å². The number of hydrogen-bond donors (Lipinski definition) is 1. The Bertz CT molecular complexity index is 371. The van der Waals surface area contributed by atoms with Crippen LogP contribution in [0.15, 0.2) is 24.3 Å². The molecule has 0 unspecified atom stereocenters. The van der Waals surface area contributed by atoms with E-state index in [2.05, 4.69) is 0 Å². The smallest absolute Gasteiger partial charge is 0.315 e. The number of hydrogen-bond acceptors (Lipinski definition) is 5. The van der Waals surface area contributed by atoms with Crippen LogP contribution in [0.4, 0.5) is 5.69 Å². The Kier molecular flexibility index (Phi) is 7.10. The number of carbonyl (C=O) groups excluding carboxylic acids is 1. The SMILES string of the molecule is CCOC(=O)CSCCCOc1ccccc1N. The molecule has 0 aliphatic heterocycles. The quantitative estimate of drug-likeness (QED) is 0.446. The monoisotopic (exact) mass is 269 g/mol. The minimum atomic E-state index is -0.157. The van der Waals surface area contributed by atoms with Crippen LogP contribution in [0, 0.1) is 0 Å². The topological polar surface area (TPSA) is 61.5 Å². The number of para-hydroxylation sites is 2. The van der Waals surface area contributed by atoms with Gasteiger partial charge in [0.15, 0.2) is 0 Å². The van der Waals surface area contributed by atoms with Gasteiger partial charge in [-0.15, -0.1) is 0 Å². The lowest BCUT2D eigenvalue weighted by atomic mass is 10.3. The van der Waals surface area contributed by atoms with E-state index >= 15 is 0 Å². The molecule has 1 aromatic rings. The highest BCUT2D eigenvalue weighted by molar-refractivity contribution is 7.99. The number of nitrogen functional groups attached to an aromatic ring is 1. The van der Waals surface area contributed by atoms with Gasteiger partial charge in [0.2, 0.25) is 0 Å². The number of benzene rings is 1. The van der Waals surface area contributed by atoms with E-state index in [0.717, 1.165) is 12.2 Å². The van der Waals surface area contributed by atoms with Gasteiger partial charge < -0.3 is 15.2 Å². The Labute approximate surface area is 112 Å². The lowest BCUT2D eigenvalue weighted by molar-refractivity contribution is -0.139. The molecule has 0 saturated carbocycles. The fraction of sp³-hybridized carbons (Fsp3) is 0.462. The lowest BCUT2D eigenvalue weighted by Crippen LogP contribution is -2.08. The van der Waals surface area contributed by atoms with Crippen molar-refractivity contribution >= 4 is 23.4 Å². The third-order valence-corrected chi connectivity index (χ3v) is 3.15. The first-order valence-electron chi connectivity index (χ1n) is 5.94. The summed E-state index contributed by atoms with van der Waals surface area (Å²) in [5.74, 6) is 1.83. The molecule has 0 bridgehead atoms. The van der Waals surface area contributed by atoms with Gasteiger partial charge in [-0.05, 0) is 31.2 Å². The van der Waals surface area contributed by atoms with Crippen LogP contribution in [0.2, 0.25) is 0 Å². The van der Waals surface area contributed by atoms with Gasteiger partial charge in [0.1, 0.15) is 5.75 Å². The molecule has 100 valence electrons. The van der Waals surface area contributed by atoms with Gasteiger partial charge in [0, 0.05) is 0 Å². The molecule has 0 aliphatic rings. The second-order valence-corrected chi connectivity index (χ2v) is 4.70. The van der Waals surface area contributed by atoms with Gasteiger partial charge in [-0.1, -0.05) is 12.1 Å². The highest BCUT2D eigenvalue weighted by Crippen LogP contribution is 2.19. The average Bonchev–Trinajstić information content (AvgIpc) is 2.36. The van der Waals surface area contributed by atoms with Crippen molar-refractivity contribution in [2.24, 2.45) is 0 Å². The van der Waals surface area contributed by atoms with Gasteiger partial charge >= 0.3 is 5.97 Å². The van der Waals surface area contributed by atoms with E-state index < -0.39 is 0 Å². The molecular formula is C13H19NO3S. The number of carbonyl (C=O) groups is 1. The zero-order chi connectivity index (χ0) is 13.2. The van der Waals surface area contributed by atoms with Crippen LogP contribution in [0.3, 0.4) is 0 Å². The van der Waals surface area contributed by atoms with Crippen molar-refractivity contribution in [1.82, 2.24) is 0 Å². The van der Waals surface area contributed by atoms with Crippen LogP contribution in [-0.4, -0.2) is 30.7 Å². The first kappa shape index (κ1) is 14.7. The molecule has 0 aliphatic carbocycles. The van der Waals surface area contributed by atoms with E-state index in [0.29, 0.717) is 30.4 Å². The predicted molar refractivity (Wildman–Crippen MR) is 74.9 cm³/mol. The van der Waals surface area contributed by atoms with E-state index in [1.807, 2.05) is 24.3 Å². The Balaban J connectivity index is 2.06. The summed E-state index contributed by atoms with van der Waals surface area (Å²) in [5.41, 5.74) is 6.39. The maximum atomic E-state index is 11.1. The second kappa shape index (κ2) is 8.69. The Morgan fingerprint density at radius 2 is 2.17 bits per heavy atom. The molecule has 5 heteroatoms. The van der Waals surface area contributed by atoms with E-state index in [9.17, 15) is 4.79 Å². The molecule has 0 heterocycles. The molecular weight excluding hydrogens is 250 g/mol. The van der Waals surface area contributed by atoms with Gasteiger partial charge in [0.25, 0.3) is 0 Å². The molecule has 0 atom stereocenters. The summed E-state index contributed by atoms with van der Waals surface area (Å²) in [6, 6.07) is 7.42. The summed E-state index contributed by atoms with van der Waals surface area (Å²) in [5, 5.41) is 0. The highest BCUT2D eigenvalue weighted by atomic mass is 32.2. The number of anilines is 1. The van der Waals surface area contributed by atoms with Gasteiger partial charge in [-0.3, -0.25) is 4.79 Å². The maximum absolute atomic E-state index is 11.1. The third-order valence-electron chi connectivity index (χ3n) is 2.13. The maximum Gasteiger partial charge on any atom is 0.315 e. The average molecular weight is 269 g/mol. The van der Waals surface area contributed by atoms with Crippen LogP contribution in [0.5, 0.6) is 5.75 Å². The molecule has 0 radical (unpaired) electrons. The molecule has 1 aromatic carbocycles. The summed E-state index contributed by atoms with van der Waals surface area (Å²) in [4.78, 5) is 11.1. The summed E-state index contributed by atoms with van der Waals surface area (Å²) in [6.07, 6.45) is 0.873. The van der Waals surface area contributed by atoms with Crippen LogP contribution in [0.25, 0.3) is 0 Å². The number of ether oxygens (including phenoxy) is 2. The molecule has 4 nitrogen and oxygen atoms in total. The van der Waals surface area contributed by atoms with Crippen molar-refractivity contribution < 1.29 is 14.3 Å². The summed E-state index contributed by atoms with van der Waals surface area (Å²) in [7, 11) is 0. The minimum absolute atomic E-state index is 0.157. The van der Waals surface area contributed by atoms with Gasteiger partial charge in [-0.2, -0.15) is 11.8 Å². The first-order valence-corrected chi connectivity index (χ1v) is 7.10. The number of nitrogens with two attached hydrogens (primary N) is 1. The first-order chi connectivity index (χ1) is 8.74. The summed E-state index contributed by atoms with van der Waals surface area (Å²) < 4.78 is 10.4. The van der Waals surface area contributed by atoms with Crippen molar-refractivity contribution in [3.63, 3.8) is 0 Å². The molecule has 0 amide bonds. The molecule has 1 rings (SSSR count). The van der Waals surface area contributed by atoms with Crippen molar-refractivity contribution in [1.29, 1.82) is 0 Å². The zero-order valence-corrected chi connectivity index (χ0v) is 11.4. The molecule has 0 aromatic heterocycles. The van der Waals surface area contributed by atoms with Crippen LogP contribution in [-0.2, 0) is 9.53 Å². The van der Waals surface area contributed by atoms with E-state index in [1.165, 1.54) is 0 Å². The van der Waals surface area contributed by atoms with Crippen molar-refractivity contribution in [2.75, 3.05) is 30.5 Å². The second-order valence-electron chi connectivity index (χ2n) is 3.60. The highest BCUT2D eigenvalue weighted by Gasteiger charge is 2.01. The zero-order valence-electron chi connectivity index (χ0n) is 10.6. The fourth-order valence-corrected chi connectivity index (χ4v) is 2.03. The fourth-order valence-electron chi connectivity index (χ4n) is 1.31. The van der Waals surface area contributed by atoms with Gasteiger partial charge in [-0.25, -0.2) is 0 Å². The molecule has 0 spiro atoms. The number of esters is 1. The summed E-state index contributed by atoms with van der Waals surface area (Å²) >= 11 is 1.55. The minimum Gasteiger partial charge on any atom is -0.491 e. The molecule has 2 N–H and O–H groups in total. The van der Waals surface area contributed by atoms with Gasteiger partial charge in [0.05, 0.1) is 24.7 Å². The third kappa shape index (κ3) is 5.82. The molecule has 0 fully saturated rings. The Hall–Kier alpha value is -1.36. The number of rotatable bonds is 8. The lowest BCUT2D eigenvalue weighted by Gasteiger charge is -2.08. The summed E-state index contributed by atoms with van der Waals surface area (Å²) in [6.45, 7) is 2.85. The van der Waals surface area contributed by atoms with Crippen molar-refractivity contribution in [2.45, 2.75) is 13.3 Å². The van der Waals surface area contributed by atoms with E-state index in [4.69, 9.17) is 15.2 Å². The number of thioether (sulfide) groups is 1. The normalized spacial score (nSPS) is 10.1. The standard InChI is InChI=1S/C13H19NO3S/c1-2-16-13(15)10-18-9-5-8-17-12-7-4-3-6-11(12)14/h3-4,6-7H,2,5,8-10,14H2,1H3. The predicted octanol–water partition coefficient (Wildman–Crippen LogP) is 2.33. The van der Waals surface area contributed by atoms with Crippen molar-refractivity contribution in [3.05, 3.63) is 24.3 Å². The van der Waals surface area contributed by atoms with E-state index in [-0.39, 0.29) is 5.97 Å². The Morgan fingerprint density at radius 3 is 2.89 bits per heavy atom. The Morgan fingerprint density at radius 1 is 1.39 bits per heavy atom.